The lowest BCUT2D eigenvalue weighted by Gasteiger charge is -2.20. The van der Waals surface area contributed by atoms with E-state index in [0.29, 0.717) is 32.6 Å². The number of hydrogen-bond donors (Lipinski definition) is 1. The molecule has 2 saturated heterocycles. The Balaban J connectivity index is 1.60. The van der Waals surface area contributed by atoms with Crippen LogP contribution >= 0.6 is 0 Å². The van der Waals surface area contributed by atoms with E-state index in [-0.39, 0.29) is 24.2 Å². The summed E-state index contributed by atoms with van der Waals surface area (Å²) in [6.07, 6.45) is 0.515. The highest BCUT2D eigenvalue weighted by Gasteiger charge is 2.38. The molecule has 2 atom stereocenters. The van der Waals surface area contributed by atoms with Gasteiger partial charge in [-0.2, -0.15) is 0 Å². The van der Waals surface area contributed by atoms with Crippen molar-refractivity contribution in [2.24, 2.45) is 5.92 Å². The molecule has 1 aromatic carbocycles. The highest BCUT2D eigenvalue weighted by Crippen LogP contribution is 2.24. The minimum atomic E-state index is -0.412. The third-order valence-corrected chi connectivity index (χ3v) is 4.53. The summed E-state index contributed by atoms with van der Waals surface area (Å²) in [6, 6.07) is 8.11. The molecule has 0 radical (unpaired) electrons. The molecular weight excluding hydrogens is 280 g/mol. The maximum absolute atomic E-state index is 12.4. The predicted molar refractivity (Wildman–Crippen MR) is 81.9 cm³/mol. The first-order valence-electron chi connectivity index (χ1n) is 7.83. The fourth-order valence-corrected chi connectivity index (χ4v) is 3.20. The maximum Gasteiger partial charge on any atom is 0.228 e. The predicted octanol–water partition coefficient (Wildman–Crippen LogP) is 0.937. The number of carbonyl (C=O) groups is 2. The summed E-state index contributed by atoms with van der Waals surface area (Å²) in [5.41, 5.74) is 2.28. The Morgan fingerprint density at radius 3 is 2.64 bits per heavy atom. The van der Waals surface area contributed by atoms with Gasteiger partial charge in [-0.05, 0) is 18.9 Å². The van der Waals surface area contributed by atoms with Crippen LogP contribution in [0.4, 0.5) is 0 Å². The van der Waals surface area contributed by atoms with E-state index in [1.54, 1.807) is 9.80 Å². The second-order valence-electron chi connectivity index (χ2n) is 6.39. The maximum atomic E-state index is 12.4. The lowest BCUT2D eigenvalue weighted by atomic mass is 10.1. The summed E-state index contributed by atoms with van der Waals surface area (Å²) in [7, 11) is 0. The van der Waals surface area contributed by atoms with Gasteiger partial charge in [0.2, 0.25) is 11.8 Å². The first-order chi connectivity index (χ1) is 10.5. The fourth-order valence-electron chi connectivity index (χ4n) is 3.20. The molecule has 5 nitrogen and oxygen atoms in total. The zero-order valence-corrected chi connectivity index (χ0v) is 12.9. The fraction of sp³-hybridized carbons (Fsp3) is 0.529. The molecule has 118 valence electrons. The summed E-state index contributed by atoms with van der Waals surface area (Å²) >= 11 is 0. The average molecular weight is 302 g/mol. The van der Waals surface area contributed by atoms with Gasteiger partial charge in [-0.3, -0.25) is 9.59 Å². The Hall–Kier alpha value is -1.88. The number of rotatable bonds is 3. The van der Waals surface area contributed by atoms with Gasteiger partial charge in [0.1, 0.15) is 0 Å². The highest BCUT2D eigenvalue weighted by molar-refractivity contribution is 5.89. The van der Waals surface area contributed by atoms with Gasteiger partial charge < -0.3 is 14.9 Å². The Labute approximate surface area is 130 Å². The van der Waals surface area contributed by atoms with Gasteiger partial charge in [-0.1, -0.05) is 29.8 Å². The molecule has 2 amide bonds. The Kier molecular flexibility index (Phi) is 4.16. The second kappa shape index (κ2) is 6.08. The van der Waals surface area contributed by atoms with Crippen molar-refractivity contribution in [3.63, 3.8) is 0 Å². The number of nitrogens with zero attached hydrogens (tertiary/aromatic N) is 2. The van der Waals surface area contributed by atoms with Crippen LogP contribution in [0.5, 0.6) is 0 Å². The van der Waals surface area contributed by atoms with Gasteiger partial charge >= 0.3 is 0 Å². The third kappa shape index (κ3) is 3.14. The Bertz CT molecular complexity index is 570. The molecule has 2 aliphatic rings. The molecular formula is C17H22N2O3. The van der Waals surface area contributed by atoms with Crippen LogP contribution in [-0.4, -0.2) is 52.5 Å². The number of aryl methyl sites for hydroxylation is 1. The van der Waals surface area contributed by atoms with Crippen LogP contribution in [0, 0.1) is 12.8 Å². The number of benzene rings is 1. The number of aliphatic hydroxyl groups is 1. The number of hydrogen-bond acceptors (Lipinski definition) is 3. The van der Waals surface area contributed by atoms with Crippen molar-refractivity contribution < 1.29 is 14.7 Å². The van der Waals surface area contributed by atoms with Crippen LogP contribution in [0.15, 0.2) is 24.3 Å². The summed E-state index contributed by atoms with van der Waals surface area (Å²) in [4.78, 5) is 28.0. The Morgan fingerprint density at radius 2 is 2.00 bits per heavy atom. The highest BCUT2D eigenvalue weighted by atomic mass is 16.3. The van der Waals surface area contributed by atoms with Crippen LogP contribution in [-0.2, 0) is 16.1 Å². The first-order valence-corrected chi connectivity index (χ1v) is 7.83. The molecule has 22 heavy (non-hydrogen) atoms. The van der Waals surface area contributed by atoms with Crippen LogP contribution in [0.1, 0.15) is 24.0 Å². The van der Waals surface area contributed by atoms with Crippen molar-refractivity contribution in [1.82, 2.24) is 9.80 Å². The smallest absolute Gasteiger partial charge is 0.228 e. The first kappa shape index (κ1) is 15.0. The van der Waals surface area contributed by atoms with Gasteiger partial charge in [0.25, 0.3) is 0 Å². The van der Waals surface area contributed by atoms with Crippen molar-refractivity contribution in [2.45, 2.75) is 32.4 Å². The van der Waals surface area contributed by atoms with Crippen molar-refractivity contribution in [1.29, 1.82) is 0 Å². The van der Waals surface area contributed by atoms with E-state index >= 15 is 0 Å². The van der Waals surface area contributed by atoms with Gasteiger partial charge in [0.05, 0.1) is 12.0 Å². The SMILES string of the molecule is Cc1ccc(CN2CC(C(=O)N3CC[C@@H](O)C3)CC2=O)cc1. The molecule has 0 saturated carbocycles. The molecule has 0 bridgehead atoms. The molecule has 5 heteroatoms. The number of carbonyl (C=O) groups excluding carboxylic acids is 2. The van der Waals surface area contributed by atoms with Crippen molar-refractivity contribution in [3.8, 4) is 0 Å². The average Bonchev–Trinajstić information content (AvgIpc) is 3.08. The summed E-state index contributed by atoms with van der Waals surface area (Å²) in [5.74, 6) is -0.210. The van der Waals surface area contributed by atoms with Crippen molar-refractivity contribution >= 4 is 11.8 Å². The minimum Gasteiger partial charge on any atom is -0.391 e. The van der Waals surface area contributed by atoms with Crippen LogP contribution in [0.2, 0.25) is 0 Å². The van der Waals surface area contributed by atoms with E-state index in [1.165, 1.54) is 5.56 Å². The minimum absolute atomic E-state index is 0.0105. The molecule has 1 N–H and O–H groups in total. The summed E-state index contributed by atoms with van der Waals surface area (Å²) in [6.45, 7) is 4.08. The molecule has 0 aliphatic carbocycles. The molecule has 3 rings (SSSR count). The largest absolute Gasteiger partial charge is 0.391 e. The van der Waals surface area contributed by atoms with E-state index in [2.05, 4.69) is 0 Å². The zero-order chi connectivity index (χ0) is 15.7. The monoisotopic (exact) mass is 302 g/mol. The van der Waals surface area contributed by atoms with E-state index < -0.39 is 6.10 Å². The van der Waals surface area contributed by atoms with Gasteiger partial charge in [-0.25, -0.2) is 0 Å². The second-order valence-corrected chi connectivity index (χ2v) is 6.39. The van der Waals surface area contributed by atoms with Crippen molar-refractivity contribution in [2.75, 3.05) is 19.6 Å². The van der Waals surface area contributed by atoms with E-state index in [1.807, 2.05) is 31.2 Å². The molecule has 0 spiro atoms. The van der Waals surface area contributed by atoms with E-state index in [4.69, 9.17) is 0 Å². The van der Waals surface area contributed by atoms with Crippen molar-refractivity contribution in [3.05, 3.63) is 35.4 Å². The normalized spacial score (nSPS) is 25.1. The lowest BCUT2D eigenvalue weighted by Crippen LogP contribution is -2.36. The molecule has 2 heterocycles. The van der Waals surface area contributed by atoms with Crippen LogP contribution < -0.4 is 0 Å². The topological polar surface area (TPSA) is 60.9 Å². The number of likely N-dealkylation sites (tertiary alicyclic amines) is 2. The third-order valence-electron chi connectivity index (χ3n) is 4.53. The van der Waals surface area contributed by atoms with Crippen LogP contribution in [0.25, 0.3) is 0 Å². The Morgan fingerprint density at radius 1 is 1.27 bits per heavy atom. The van der Waals surface area contributed by atoms with Crippen LogP contribution in [0.3, 0.4) is 0 Å². The van der Waals surface area contributed by atoms with E-state index in [9.17, 15) is 14.7 Å². The summed E-state index contributed by atoms with van der Waals surface area (Å²) < 4.78 is 0. The molecule has 1 aromatic rings. The number of β-amino-alcohol motifs (C(OH)–C–C–N with tert-alkyl or cyclic N) is 1. The molecule has 2 fully saturated rings. The zero-order valence-electron chi connectivity index (χ0n) is 12.9. The quantitative estimate of drug-likeness (QED) is 0.904. The molecule has 1 unspecified atom stereocenters. The van der Waals surface area contributed by atoms with E-state index in [0.717, 1.165) is 5.56 Å². The standard InChI is InChI=1S/C17H22N2O3/c1-12-2-4-13(5-3-12)9-19-10-14(8-16(19)21)17(22)18-7-6-15(20)11-18/h2-5,14-15,20H,6-11H2,1H3/t14?,15-/m1/s1. The number of amides is 2. The molecule has 2 aliphatic heterocycles. The van der Waals surface area contributed by atoms with Gasteiger partial charge in [-0.15, -0.1) is 0 Å². The molecule has 0 aromatic heterocycles. The lowest BCUT2D eigenvalue weighted by molar-refractivity contribution is -0.135. The summed E-state index contributed by atoms with van der Waals surface area (Å²) in [5, 5.41) is 9.54. The van der Waals surface area contributed by atoms with Gasteiger partial charge in [0, 0.05) is 32.6 Å². The van der Waals surface area contributed by atoms with Gasteiger partial charge in [0.15, 0.2) is 0 Å². The number of aliphatic hydroxyl groups excluding tert-OH is 1.